The van der Waals surface area contributed by atoms with E-state index in [1.165, 1.54) is 9.96 Å². The molecular formula is C14H16BClN2O5. The number of benzene rings is 1. The summed E-state index contributed by atoms with van der Waals surface area (Å²) in [6.45, 7) is -0.0292. The van der Waals surface area contributed by atoms with Crippen molar-refractivity contribution in [2.45, 2.75) is 0 Å². The van der Waals surface area contributed by atoms with Crippen LogP contribution in [0.4, 0.5) is 0 Å². The van der Waals surface area contributed by atoms with Gasteiger partial charge in [0.1, 0.15) is 0 Å². The maximum Gasteiger partial charge on any atom is 0.814 e. The molecule has 0 amide bonds. The molecule has 7 nitrogen and oxygen atoms in total. The number of hydrogen-bond acceptors (Lipinski definition) is 7. The fraction of sp³-hybridized carbons (Fsp3) is 0.286. The van der Waals surface area contributed by atoms with E-state index >= 15 is 0 Å². The molecule has 0 N–H and O–H groups in total. The van der Waals surface area contributed by atoms with Crippen molar-refractivity contribution in [2.75, 3.05) is 27.2 Å². The molecular weight excluding hydrogens is 322 g/mol. The lowest BCUT2D eigenvalue weighted by Crippen LogP contribution is -2.45. The topological polar surface area (TPSA) is 68.3 Å². The Morgan fingerprint density at radius 2 is 1.78 bits per heavy atom. The van der Waals surface area contributed by atoms with Crippen molar-refractivity contribution in [3.63, 3.8) is 0 Å². The zero-order valence-electron chi connectivity index (χ0n) is 12.8. The van der Waals surface area contributed by atoms with Crippen LogP contribution in [0.5, 0.6) is 0 Å². The van der Waals surface area contributed by atoms with Crippen molar-refractivity contribution in [3.8, 4) is 0 Å². The van der Waals surface area contributed by atoms with Crippen LogP contribution in [0.1, 0.15) is 5.56 Å². The molecule has 2 rings (SSSR count). The van der Waals surface area contributed by atoms with E-state index in [0.717, 1.165) is 5.56 Å². The summed E-state index contributed by atoms with van der Waals surface area (Å²) in [6.07, 6.45) is 3.35. The smallest absolute Gasteiger partial charge is 0.471 e. The third-order valence-corrected chi connectivity index (χ3v) is 3.10. The third kappa shape index (κ3) is 5.94. The van der Waals surface area contributed by atoms with Crippen LogP contribution < -0.4 is 0 Å². The summed E-state index contributed by atoms with van der Waals surface area (Å²) in [4.78, 5) is 24.6. The molecule has 1 saturated heterocycles. The van der Waals surface area contributed by atoms with Crippen LogP contribution in [-0.4, -0.2) is 56.4 Å². The molecule has 0 unspecified atom stereocenters. The number of nitrogens with zero attached hydrogens (tertiary/aromatic N) is 2. The molecule has 0 aromatic heterocycles. The molecule has 1 aliphatic heterocycles. The van der Waals surface area contributed by atoms with E-state index in [2.05, 4.69) is 0 Å². The van der Waals surface area contributed by atoms with Gasteiger partial charge >= 0.3 is 19.3 Å². The normalized spacial score (nSPS) is 16.7. The molecule has 1 fully saturated rings. The SMILES string of the molecule is CN1CC(=O)OB(ON(C)/C=C/c2ccc(Cl)cc2)OC(=O)C1. The molecule has 9 heteroatoms. The van der Waals surface area contributed by atoms with Crippen molar-refractivity contribution in [3.05, 3.63) is 41.1 Å². The standard InChI is InChI=1S/C14H16BClN2O5/c1-17-9-13(19)21-15(22-14(20)10-17)23-18(2)8-7-11-3-5-12(16)6-4-11/h3-8H,9-10H2,1-2H3/b8-7+. The summed E-state index contributed by atoms with van der Waals surface area (Å²) in [7, 11) is 1.78. The zero-order chi connectivity index (χ0) is 16.8. The van der Waals surface area contributed by atoms with Crippen LogP contribution >= 0.6 is 11.6 Å². The second-order valence-electron chi connectivity index (χ2n) is 4.96. The van der Waals surface area contributed by atoms with Crippen molar-refractivity contribution in [2.24, 2.45) is 0 Å². The molecule has 0 saturated carbocycles. The minimum Gasteiger partial charge on any atom is -0.471 e. The number of carbonyl (C=O) groups excluding carboxylic acids is 2. The van der Waals surface area contributed by atoms with E-state index in [9.17, 15) is 9.59 Å². The van der Waals surface area contributed by atoms with Crippen molar-refractivity contribution in [1.82, 2.24) is 9.96 Å². The lowest BCUT2D eigenvalue weighted by molar-refractivity contribution is -0.154. The largest absolute Gasteiger partial charge is 0.814 e. The van der Waals surface area contributed by atoms with Gasteiger partial charge in [-0.1, -0.05) is 23.7 Å². The lowest BCUT2D eigenvalue weighted by Gasteiger charge is -2.23. The van der Waals surface area contributed by atoms with Gasteiger partial charge in [-0.3, -0.25) is 19.6 Å². The summed E-state index contributed by atoms with van der Waals surface area (Å²) in [6, 6.07) is 7.19. The molecule has 122 valence electrons. The number of rotatable bonds is 4. The quantitative estimate of drug-likeness (QED) is 0.603. The van der Waals surface area contributed by atoms with Crippen LogP contribution in [0, 0.1) is 0 Å². The average molecular weight is 339 g/mol. The van der Waals surface area contributed by atoms with Gasteiger partial charge in [0.25, 0.3) is 0 Å². The van der Waals surface area contributed by atoms with Crippen LogP contribution in [0.25, 0.3) is 6.08 Å². The second kappa shape index (κ2) is 8.00. The minimum absolute atomic E-state index is 0.0146. The first-order valence-corrected chi connectivity index (χ1v) is 7.21. The van der Waals surface area contributed by atoms with Crippen LogP contribution in [-0.2, 0) is 23.7 Å². The number of carbonyl (C=O) groups is 2. The Bertz CT molecular complexity index is 575. The van der Waals surface area contributed by atoms with Crippen LogP contribution in [0.15, 0.2) is 30.5 Å². The molecule has 1 aromatic carbocycles. The van der Waals surface area contributed by atoms with Gasteiger partial charge in [-0.25, -0.2) is 4.76 Å². The molecule has 1 heterocycles. The molecule has 23 heavy (non-hydrogen) atoms. The highest BCUT2D eigenvalue weighted by atomic mass is 35.5. The molecule has 0 spiro atoms. The Morgan fingerprint density at radius 3 is 2.35 bits per heavy atom. The molecule has 0 bridgehead atoms. The summed E-state index contributed by atoms with van der Waals surface area (Å²) >= 11 is 5.81. The van der Waals surface area contributed by atoms with Crippen molar-refractivity contribution < 1.29 is 23.7 Å². The first-order valence-electron chi connectivity index (χ1n) is 6.83. The van der Waals surface area contributed by atoms with Gasteiger partial charge in [0.05, 0.1) is 13.1 Å². The summed E-state index contributed by atoms with van der Waals surface area (Å²) in [5.41, 5.74) is 0.901. The van der Waals surface area contributed by atoms with E-state index in [-0.39, 0.29) is 13.1 Å². The van der Waals surface area contributed by atoms with Gasteiger partial charge in [-0.05, 0) is 30.8 Å². The maximum atomic E-state index is 11.6. The lowest BCUT2D eigenvalue weighted by atomic mass is 10.2. The second-order valence-corrected chi connectivity index (χ2v) is 5.40. The van der Waals surface area contributed by atoms with Gasteiger partial charge in [-0.2, -0.15) is 0 Å². The number of halogens is 1. The predicted octanol–water partition coefficient (Wildman–Crippen LogP) is 1.19. The predicted molar refractivity (Wildman–Crippen MR) is 84.8 cm³/mol. The van der Waals surface area contributed by atoms with E-state index in [1.54, 1.807) is 38.5 Å². The van der Waals surface area contributed by atoms with E-state index in [0.29, 0.717) is 5.02 Å². The molecule has 0 radical (unpaired) electrons. The highest BCUT2D eigenvalue weighted by Gasteiger charge is 2.36. The highest BCUT2D eigenvalue weighted by Crippen LogP contribution is 2.11. The molecule has 0 aliphatic carbocycles. The Kier molecular flexibility index (Phi) is 6.03. The molecule has 0 atom stereocenters. The van der Waals surface area contributed by atoms with Crippen molar-refractivity contribution >= 4 is 36.9 Å². The first kappa shape index (κ1) is 17.3. The zero-order valence-corrected chi connectivity index (χ0v) is 13.5. The van der Waals surface area contributed by atoms with E-state index in [1.807, 2.05) is 12.1 Å². The number of likely N-dealkylation sites (N-methyl/N-ethyl adjacent to an activating group) is 1. The van der Waals surface area contributed by atoms with Crippen LogP contribution in [0.2, 0.25) is 5.02 Å². The number of hydroxylamine groups is 2. The van der Waals surface area contributed by atoms with Gasteiger partial charge in [0.15, 0.2) is 0 Å². The molecule has 1 aromatic rings. The van der Waals surface area contributed by atoms with Gasteiger partial charge < -0.3 is 9.31 Å². The van der Waals surface area contributed by atoms with E-state index < -0.39 is 19.3 Å². The maximum absolute atomic E-state index is 11.6. The fourth-order valence-electron chi connectivity index (χ4n) is 1.79. The summed E-state index contributed by atoms with van der Waals surface area (Å²) in [5.74, 6) is -1.08. The minimum atomic E-state index is -1.41. The monoisotopic (exact) mass is 338 g/mol. The fourth-order valence-corrected chi connectivity index (χ4v) is 1.91. The van der Waals surface area contributed by atoms with Crippen LogP contribution in [0.3, 0.4) is 0 Å². The first-order chi connectivity index (χ1) is 10.9. The van der Waals surface area contributed by atoms with Gasteiger partial charge in [0, 0.05) is 18.3 Å². The Balaban J connectivity index is 1.92. The average Bonchev–Trinajstić information content (AvgIpc) is 2.44. The Labute approximate surface area is 139 Å². The van der Waals surface area contributed by atoms with Crippen molar-refractivity contribution in [1.29, 1.82) is 0 Å². The van der Waals surface area contributed by atoms with Gasteiger partial charge in [0.2, 0.25) is 0 Å². The van der Waals surface area contributed by atoms with E-state index in [4.69, 9.17) is 25.7 Å². The van der Waals surface area contributed by atoms with Gasteiger partial charge in [-0.15, -0.1) is 0 Å². The highest BCUT2D eigenvalue weighted by molar-refractivity contribution is 6.41. The third-order valence-electron chi connectivity index (χ3n) is 2.85. The molecule has 1 aliphatic rings. The number of hydrogen-bond donors (Lipinski definition) is 0. The Hall–Kier alpha value is -2.03. The summed E-state index contributed by atoms with van der Waals surface area (Å²) in [5, 5.41) is 1.93. The summed E-state index contributed by atoms with van der Waals surface area (Å²) < 4.78 is 15.1. The Morgan fingerprint density at radius 1 is 1.22 bits per heavy atom.